The Labute approximate surface area is 119 Å². The van der Waals surface area contributed by atoms with Crippen molar-refractivity contribution in [3.8, 4) is 0 Å². The van der Waals surface area contributed by atoms with Crippen molar-refractivity contribution in [1.29, 1.82) is 0 Å². The Hall–Kier alpha value is -1.94. The van der Waals surface area contributed by atoms with Crippen LogP contribution in [0, 0.1) is 0 Å². The van der Waals surface area contributed by atoms with E-state index in [0.717, 1.165) is 44.8 Å². The van der Waals surface area contributed by atoms with E-state index in [1.165, 1.54) is 16.8 Å². The second kappa shape index (κ2) is 6.48. The predicted octanol–water partition coefficient (Wildman–Crippen LogP) is 1.82. The van der Waals surface area contributed by atoms with Gasteiger partial charge in [-0.1, -0.05) is 30.3 Å². The molecule has 0 saturated carbocycles. The summed E-state index contributed by atoms with van der Waals surface area (Å²) in [6.07, 6.45) is 4.98. The third kappa shape index (κ3) is 3.33. The van der Waals surface area contributed by atoms with E-state index in [1.54, 1.807) is 0 Å². The van der Waals surface area contributed by atoms with Crippen LogP contribution >= 0.6 is 0 Å². The first-order valence-corrected chi connectivity index (χ1v) is 7.25. The first-order chi connectivity index (χ1) is 9.92. The molecule has 0 bridgehead atoms. The van der Waals surface area contributed by atoms with E-state index in [-0.39, 0.29) is 0 Å². The minimum absolute atomic E-state index is 0.751. The van der Waals surface area contributed by atoms with E-state index in [9.17, 15) is 0 Å². The molecule has 2 N–H and O–H groups in total. The summed E-state index contributed by atoms with van der Waals surface area (Å²) in [5.74, 6) is 0.751. The van der Waals surface area contributed by atoms with Crippen molar-refractivity contribution in [3.63, 3.8) is 0 Å². The molecule has 0 unspecified atom stereocenters. The SMILES string of the molecule is c1ccc(CCNc2ncc3c(n2)CCNCC3)cc1. The fraction of sp³-hybridized carbons (Fsp3) is 0.375. The Morgan fingerprint density at radius 2 is 1.95 bits per heavy atom. The smallest absolute Gasteiger partial charge is 0.222 e. The molecule has 0 radical (unpaired) electrons. The zero-order chi connectivity index (χ0) is 13.6. The van der Waals surface area contributed by atoms with Crippen LogP contribution in [0.2, 0.25) is 0 Å². The van der Waals surface area contributed by atoms with Gasteiger partial charge in [0.2, 0.25) is 5.95 Å². The second-order valence-corrected chi connectivity index (χ2v) is 5.08. The number of nitrogens with zero attached hydrogens (tertiary/aromatic N) is 2. The van der Waals surface area contributed by atoms with Crippen LogP contribution in [-0.4, -0.2) is 29.6 Å². The van der Waals surface area contributed by atoms with Gasteiger partial charge in [-0.15, -0.1) is 0 Å². The molecule has 2 aromatic rings. The molecule has 1 aliphatic heterocycles. The lowest BCUT2D eigenvalue weighted by Gasteiger charge is -2.08. The van der Waals surface area contributed by atoms with Crippen LogP contribution in [0.3, 0.4) is 0 Å². The largest absolute Gasteiger partial charge is 0.354 e. The molecule has 104 valence electrons. The van der Waals surface area contributed by atoms with Crippen LogP contribution in [0.5, 0.6) is 0 Å². The van der Waals surface area contributed by atoms with E-state index >= 15 is 0 Å². The summed E-state index contributed by atoms with van der Waals surface area (Å²) in [5, 5.41) is 6.71. The van der Waals surface area contributed by atoms with Crippen LogP contribution in [0.1, 0.15) is 16.8 Å². The third-order valence-electron chi connectivity index (χ3n) is 3.60. The quantitative estimate of drug-likeness (QED) is 0.888. The molecule has 4 heteroatoms. The third-order valence-corrected chi connectivity index (χ3v) is 3.60. The van der Waals surface area contributed by atoms with Crippen molar-refractivity contribution in [2.45, 2.75) is 19.3 Å². The van der Waals surface area contributed by atoms with Crippen molar-refractivity contribution in [1.82, 2.24) is 15.3 Å². The van der Waals surface area contributed by atoms with Gasteiger partial charge in [0.1, 0.15) is 0 Å². The van der Waals surface area contributed by atoms with Crippen molar-refractivity contribution in [2.75, 3.05) is 25.0 Å². The second-order valence-electron chi connectivity index (χ2n) is 5.08. The van der Waals surface area contributed by atoms with Crippen molar-refractivity contribution in [3.05, 3.63) is 53.3 Å². The normalized spacial score (nSPS) is 14.4. The van der Waals surface area contributed by atoms with Gasteiger partial charge in [-0.3, -0.25) is 0 Å². The molecule has 20 heavy (non-hydrogen) atoms. The summed E-state index contributed by atoms with van der Waals surface area (Å²) in [6.45, 7) is 2.89. The van der Waals surface area contributed by atoms with Crippen molar-refractivity contribution in [2.24, 2.45) is 0 Å². The average molecular weight is 268 g/mol. The summed E-state index contributed by atoms with van der Waals surface area (Å²) in [7, 11) is 0. The highest BCUT2D eigenvalue weighted by molar-refractivity contribution is 5.31. The Morgan fingerprint density at radius 1 is 1.10 bits per heavy atom. The molecule has 1 aromatic carbocycles. The van der Waals surface area contributed by atoms with Crippen LogP contribution in [-0.2, 0) is 19.3 Å². The molecule has 4 nitrogen and oxygen atoms in total. The molecule has 0 aliphatic carbocycles. The van der Waals surface area contributed by atoms with Gasteiger partial charge in [-0.2, -0.15) is 0 Å². The average Bonchev–Trinajstić information content (AvgIpc) is 2.73. The first kappa shape index (κ1) is 13.1. The molecule has 3 rings (SSSR count). The van der Waals surface area contributed by atoms with Crippen LogP contribution in [0.25, 0.3) is 0 Å². The highest BCUT2D eigenvalue weighted by atomic mass is 15.1. The van der Waals surface area contributed by atoms with E-state index in [1.807, 2.05) is 12.3 Å². The van der Waals surface area contributed by atoms with Gasteiger partial charge in [-0.25, -0.2) is 9.97 Å². The summed E-state index contributed by atoms with van der Waals surface area (Å²) in [5.41, 5.74) is 3.80. The Bertz CT molecular complexity index is 554. The highest BCUT2D eigenvalue weighted by Gasteiger charge is 2.10. The van der Waals surface area contributed by atoms with Gasteiger partial charge >= 0.3 is 0 Å². The fourth-order valence-electron chi connectivity index (χ4n) is 2.47. The van der Waals surface area contributed by atoms with Gasteiger partial charge in [0, 0.05) is 25.7 Å². The minimum Gasteiger partial charge on any atom is -0.354 e. The number of anilines is 1. The lowest BCUT2D eigenvalue weighted by molar-refractivity contribution is 0.708. The molecular formula is C16H20N4. The van der Waals surface area contributed by atoms with Gasteiger partial charge in [0.15, 0.2) is 0 Å². The van der Waals surface area contributed by atoms with Gasteiger partial charge in [0.25, 0.3) is 0 Å². The van der Waals surface area contributed by atoms with Crippen LogP contribution < -0.4 is 10.6 Å². The Morgan fingerprint density at radius 3 is 2.85 bits per heavy atom. The van der Waals surface area contributed by atoms with Gasteiger partial charge < -0.3 is 10.6 Å². The zero-order valence-corrected chi connectivity index (χ0v) is 11.6. The maximum atomic E-state index is 4.64. The maximum Gasteiger partial charge on any atom is 0.222 e. The summed E-state index contributed by atoms with van der Waals surface area (Å²) >= 11 is 0. The van der Waals surface area contributed by atoms with Crippen molar-refractivity contribution >= 4 is 5.95 Å². The molecule has 0 amide bonds. The summed E-state index contributed by atoms with van der Waals surface area (Å²) in [4.78, 5) is 9.06. The molecule has 0 spiro atoms. The molecule has 1 aliphatic rings. The Kier molecular flexibility index (Phi) is 4.23. The molecule has 0 saturated heterocycles. The van der Waals surface area contributed by atoms with E-state index in [4.69, 9.17) is 0 Å². The minimum atomic E-state index is 0.751. The lowest BCUT2D eigenvalue weighted by Crippen LogP contribution is -2.16. The molecule has 0 atom stereocenters. The topological polar surface area (TPSA) is 49.8 Å². The zero-order valence-electron chi connectivity index (χ0n) is 11.6. The number of rotatable bonds is 4. The maximum absolute atomic E-state index is 4.64. The molecular weight excluding hydrogens is 248 g/mol. The van der Waals surface area contributed by atoms with Gasteiger partial charge in [0.05, 0.1) is 5.69 Å². The van der Waals surface area contributed by atoms with Crippen molar-refractivity contribution < 1.29 is 0 Å². The molecule has 1 aromatic heterocycles. The monoisotopic (exact) mass is 268 g/mol. The lowest BCUT2D eigenvalue weighted by atomic mass is 10.1. The number of hydrogen-bond acceptors (Lipinski definition) is 4. The first-order valence-electron chi connectivity index (χ1n) is 7.25. The number of benzene rings is 1. The highest BCUT2D eigenvalue weighted by Crippen LogP contribution is 2.11. The predicted molar refractivity (Wildman–Crippen MR) is 80.9 cm³/mol. The number of fused-ring (bicyclic) bond motifs is 1. The van der Waals surface area contributed by atoms with Gasteiger partial charge in [-0.05, 0) is 30.5 Å². The van der Waals surface area contributed by atoms with E-state index in [2.05, 4.69) is 44.9 Å². The molecule has 2 heterocycles. The fourth-order valence-corrected chi connectivity index (χ4v) is 2.47. The molecule has 0 fully saturated rings. The number of hydrogen-bond donors (Lipinski definition) is 2. The van der Waals surface area contributed by atoms with Crippen LogP contribution in [0.4, 0.5) is 5.95 Å². The summed E-state index contributed by atoms with van der Waals surface area (Å²) < 4.78 is 0. The number of nitrogens with one attached hydrogen (secondary N) is 2. The number of aromatic nitrogens is 2. The Balaban J connectivity index is 1.59. The van der Waals surface area contributed by atoms with E-state index < -0.39 is 0 Å². The summed E-state index contributed by atoms with van der Waals surface area (Å²) in [6, 6.07) is 10.5. The standard InChI is InChI=1S/C16H20N4/c1-2-4-13(5-3-1)6-11-18-16-19-12-14-7-9-17-10-8-15(14)20-16/h1-5,12,17H,6-11H2,(H,18,19,20). The van der Waals surface area contributed by atoms with Crippen LogP contribution in [0.15, 0.2) is 36.5 Å². The van der Waals surface area contributed by atoms with E-state index in [0.29, 0.717) is 0 Å².